The third kappa shape index (κ3) is 4.04. The van der Waals surface area contributed by atoms with E-state index in [-0.39, 0.29) is 18.3 Å². The van der Waals surface area contributed by atoms with E-state index in [4.69, 9.17) is 5.73 Å². The topological polar surface area (TPSA) is 55.1 Å². The van der Waals surface area contributed by atoms with Gasteiger partial charge in [-0.25, -0.2) is 0 Å². The number of hydrogen-bond acceptors (Lipinski definition) is 3. The van der Waals surface area contributed by atoms with E-state index in [9.17, 15) is 4.79 Å². The molecule has 1 aromatic carbocycles. The Morgan fingerprint density at radius 1 is 1.50 bits per heavy atom. The molecule has 0 saturated heterocycles. The SMILES string of the molecule is CSc1ccc(C)c(NC(=O)C(C)N)c1.Cl. The lowest BCUT2D eigenvalue weighted by Crippen LogP contribution is -2.32. The monoisotopic (exact) mass is 260 g/mol. The van der Waals surface area contributed by atoms with Gasteiger partial charge in [0, 0.05) is 10.6 Å². The third-order valence-corrected chi connectivity index (χ3v) is 2.84. The zero-order valence-corrected chi connectivity index (χ0v) is 11.2. The first kappa shape index (κ1) is 15.3. The van der Waals surface area contributed by atoms with E-state index in [0.717, 1.165) is 16.1 Å². The van der Waals surface area contributed by atoms with Crippen LogP contribution in [0.5, 0.6) is 0 Å². The first-order chi connectivity index (χ1) is 7.04. The first-order valence-corrected chi connectivity index (χ1v) is 5.98. The van der Waals surface area contributed by atoms with Gasteiger partial charge in [0.25, 0.3) is 0 Å². The van der Waals surface area contributed by atoms with Gasteiger partial charge in [-0.15, -0.1) is 24.2 Å². The summed E-state index contributed by atoms with van der Waals surface area (Å²) in [4.78, 5) is 12.5. The molecule has 0 fully saturated rings. The second kappa shape index (κ2) is 6.78. The molecular formula is C11H17ClN2OS. The molecule has 0 bridgehead atoms. The van der Waals surface area contributed by atoms with Gasteiger partial charge in [-0.2, -0.15) is 0 Å². The van der Waals surface area contributed by atoms with Crippen LogP contribution in [0.25, 0.3) is 0 Å². The van der Waals surface area contributed by atoms with Gasteiger partial charge in [0.1, 0.15) is 0 Å². The van der Waals surface area contributed by atoms with Crippen molar-refractivity contribution in [2.45, 2.75) is 24.8 Å². The molecule has 90 valence electrons. The normalized spacial score (nSPS) is 11.5. The van der Waals surface area contributed by atoms with E-state index in [1.165, 1.54) is 0 Å². The molecule has 16 heavy (non-hydrogen) atoms. The van der Waals surface area contributed by atoms with E-state index in [1.807, 2.05) is 31.4 Å². The number of halogens is 1. The van der Waals surface area contributed by atoms with Crippen molar-refractivity contribution in [3.05, 3.63) is 23.8 Å². The highest BCUT2D eigenvalue weighted by Gasteiger charge is 2.09. The molecule has 1 rings (SSSR count). The Kier molecular flexibility index (Phi) is 6.48. The lowest BCUT2D eigenvalue weighted by Gasteiger charge is -2.11. The van der Waals surface area contributed by atoms with Gasteiger partial charge >= 0.3 is 0 Å². The van der Waals surface area contributed by atoms with Crippen LogP contribution < -0.4 is 11.1 Å². The molecule has 3 N–H and O–H groups in total. The summed E-state index contributed by atoms with van der Waals surface area (Å²) < 4.78 is 0. The largest absolute Gasteiger partial charge is 0.324 e. The van der Waals surface area contributed by atoms with Gasteiger partial charge in [0.2, 0.25) is 5.91 Å². The summed E-state index contributed by atoms with van der Waals surface area (Å²) in [5, 5.41) is 2.81. The number of nitrogens with two attached hydrogens (primary N) is 1. The van der Waals surface area contributed by atoms with Gasteiger partial charge in [-0.1, -0.05) is 6.07 Å². The molecule has 5 heteroatoms. The van der Waals surface area contributed by atoms with Gasteiger partial charge in [-0.3, -0.25) is 4.79 Å². The lowest BCUT2D eigenvalue weighted by atomic mass is 10.2. The van der Waals surface area contributed by atoms with Crippen LogP contribution in [0.3, 0.4) is 0 Å². The Labute approximate surface area is 107 Å². The van der Waals surface area contributed by atoms with Gasteiger partial charge in [0.05, 0.1) is 6.04 Å². The standard InChI is InChI=1S/C11H16N2OS.ClH/c1-7-4-5-9(15-3)6-10(7)13-11(14)8(2)12;/h4-6,8H,12H2,1-3H3,(H,13,14);1H. The highest BCUT2D eigenvalue weighted by molar-refractivity contribution is 7.98. The molecule has 0 aliphatic rings. The molecule has 1 atom stereocenters. The lowest BCUT2D eigenvalue weighted by molar-refractivity contribution is -0.117. The number of aryl methyl sites for hydroxylation is 1. The Hall–Kier alpha value is -0.710. The average molecular weight is 261 g/mol. The van der Waals surface area contributed by atoms with Crippen LogP contribution in [-0.4, -0.2) is 18.2 Å². The van der Waals surface area contributed by atoms with E-state index in [2.05, 4.69) is 5.32 Å². The molecule has 0 saturated carbocycles. The summed E-state index contributed by atoms with van der Waals surface area (Å²) in [7, 11) is 0. The van der Waals surface area contributed by atoms with Crippen molar-refractivity contribution in [2.75, 3.05) is 11.6 Å². The zero-order valence-electron chi connectivity index (χ0n) is 9.61. The molecule has 1 unspecified atom stereocenters. The fourth-order valence-corrected chi connectivity index (χ4v) is 1.55. The van der Waals surface area contributed by atoms with Crippen LogP contribution in [-0.2, 0) is 4.79 Å². The smallest absolute Gasteiger partial charge is 0.241 e. The third-order valence-electron chi connectivity index (χ3n) is 2.12. The quantitative estimate of drug-likeness (QED) is 0.821. The summed E-state index contributed by atoms with van der Waals surface area (Å²) in [5.74, 6) is -0.156. The summed E-state index contributed by atoms with van der Waals surface area (Å²) >= 11 is 1.64. The summed E-state index contributed by atoms with van der Waals surface area (Å²) in [6.07, 6.45) is 2.00. The number of hydrogen-bond donors (Lipinski definition) is 2. The fourth-order valence-electron chi connectivity index (χ4n) is 1.11. The maximum atomic E-state index is 11.4. The minimum Gasteiger partial charge on any atom is -0.324 e. The van der Waals surface area contributed by atoms with Crippen LogP contribution >= 0.6 is 24.2 Å². The van der Waals surface area contributed by atoms with Gasteiger partial charge in [0.15, 0.2) is 0 Å². The van der Waals surface area contributed by atoms with E-state index in [1.54, 1.807) is 18.7 Å². The molecule has 1 aromatic rings. The van der Waals surface area contributed by atoms with Crippen LogP contribution in [0.15, 0.2) is 23.1 Å². The number of amides is 1. The molecule has 0 aromatic heterocycles. The number of carbonyl (C=O) groups is 1. The molecule has 0 spiro atoms. The highest BCUT2D eigenvalue weighted by atomic mass is 35.5. The second-order valence-corrected chi connectivity index (χ2v) is 4.34. The average Bonchev–Trinajstić information content (AvgIpc) is 2.21. The number of thioether (sulfide) groups is 1. The first-order valence-electron chi connectivity index (χ1n) is 4.75. The Bertz CT molecular complexity index is 369. The van der Waals surface area contributed by atoms with E-state index >= 15 is 0 Å². The van der Waals surface area contributed by atoms with Crippen molar-refractivity contribution in [3.63, 3.8) is 0 Å². The predicted molar refractivity (Wildman–Crippen MR) is 72.5 cm³/mol. The maximum Gasteiger partial charge on any atom is 0.241 e. The molecule has 1 amide bonds. The highest BCUT2D eigenvalue weighted by Crippen LogP contribution is 2.22. The minimum atomic E-state index is -0.484. The molecule has 3 nitrogen and oxygen atoms in total. The number of rotatable bonds is 3. The van der Waals surface area contributed by atoms with E-state index in [0.29, 0.717) is 0 Å². The van der Waals surface area contributed by atoms with Gasteiger partial charge < -0.3 is 11.1 Å². The predicted octanol–water partition coefficient (Wildman–Crippen LogP) is 2.42. The number of carbonyl (C=O) groups excluding carboxylic acids is 1. The van der Waals surface area contributed by atoms with Crippen LogP contribution in [0.1, 0.15) is 12.5 Å². The molecule has 0 radical (unpaired) electrons. The number of anilines is 1. The number of nitrogens with one attached hydrogen (secondary N) is 1. The van der Waals surface area contributed by atoms with Crippen molar-refractivity contribution in [2.24, 2.45) is 5.73 Å². The van der Waals surface area contributed by atoms with E-state index < -0.39 is 6.04 Å². The molecule has 0 aliphatic heterocycles. The maximum absolute atomic E-state index is 11.4. The zero-order chi connectivity index (χ0) is 11.4. The van der Waals surface area contributed by atoms with Crippen LogP contribution in [0.4, 0.5) is 5.69 Å². The van der Waals surface area contributed by atoms with Crippen LogP contribution in [0.2, 0.25) is 0 Å². The molecule has 0 heterocycles. The van der Waals surface area contributed by atoms with Crippen molar-refractivity contribution in [1.29, 1.82) is 0 Å². The number of benzene rings is 1. The second-order valence-electron chi connectivity index (χ2n) is 3.46. The van der Waals surface area contributed by atoms with Crippen molar-refractivity contribution in [1.82, 2.24) is 0 Å². The Morgan fingerprint density at radius 2 is 2.12 bits per heavy atom. The van der Waals surface area contributed by atoms with Crippen LogP contribution in [0, 0.1) is 6.92 Å². The fraction of sp³-hybridized carbons (Fsp3) is 0.364. The summed E-state index contributed by atoms with van der Waals surface area (Å²) in [6.45, 7) is 3.63. The summed E-state index contributed by atoms with van der Waals surface area (Å²) in [6, 6.07) is 5.49. The van der Waals surface area contributed by atoms with Crippen molar-refractivity contribution >= 4 is 35.8 Å². The molecule has 0 aliphatic carbocycles. The van der Waals surface area contributed by atoms with Crippen molar-refractivity contribution in [3.8, 4) is 0 Å². The van der Waals surface area contributed by atoms with Gasteiger partial charge in [-0.05, 0) is 37.8 Å². The summed E-state index contributed by atoms with van der Waals surface area (Å²) in [5.41, 5.74) is 7.37. The van der Waals surface area contributed by atoms with Crippen molar-refractivity contribution < 1.29 is 4.79 Å². The minimum absolute atomic E-state index is 0. The molecular weight excluding hydrogens is 244 g/mol. The Morgan fingerprint density at radius 3 is 2.62 bits per heavy atom. The Balaban J connectivity index is 0.00000225.